The third kappa shape index (κ3) is 2.97. The van der Waals surface area contributed by atoms with Crippen molar-refractivity contribution in [2.24, 2.45) is 0 Å². The molecule has 7 heteroatoms. The van der Waals surface area contributed by atoms with Crippen LogP contribution in [0.15, 0.2) is 12.1 Å². The van der Waals surface area contributed by atoms with Crippen LogP contribution in [0.1, 0.15) is 6.92 Å². The number of nitrogens with zero attached hydrogens (tertiary/aromatic N) is 1. The Hall–Kier alpha value is -1.01. The molecule has 0 unspecified atom stereocenters. The number of rotatable bonds is 4. The predicted molar refractivity (Wildman–Crippen MR) is 56.8 cm³/mol. The Morgan fingerprint density at radius 3 is 2.87 bits per heavy atom. The van der Waals surface area contributed by atoms with E-state index in [2.05, 4.69) is 0 Å². The fourth-order valence-corrected chi connectivity index (χ4v) is 1.46. The first-order valence-electron chi connectivity index (χ1n) is 3.99. The predicted octanol–water partition coefficient (Wildman–Crippen LogP) is 3.43. The number of nitro benzene ring substituents is 1. The Kier molecular flexibility index (Phi) is 4.16. The zero-order chi connectivity index (χ0) is 11.4. The normalized spacial score (nSPS) is 10.1. The minimum Gasteiger partial charge on any atom is -0.424 e. The molecule has 4 nitrogen and oxygen atoms in total. The minimum atomic E-state index is -0.973. The molecule has 0 spiro atoms. The van der Waals surface area contributed by atoms with Gasteiger partial charge < -0.3 is 4.18 Å². The van der Waals surface area contributed by atoms with Gasteiger partial charge in [0.2, 0.25) is 5.82 Å². The number of hydrogen-bond donors (Lipinski definition) is 0. The molecular weight excluding hydrogens is 245 g/mol. The van der Waals surface area contributed by atoms with Gasteiger partial charge in [-0.2, -0.15) is 4.39 Å². The van der Waals surface area contributed by atoms with Crippen molar-refractivity contribution in [1.29, 1.82) is 0 Å². The Morgan fingerprint density at radius 2 is 2.33 bits per heavy atom. The molecule has 82 valence electrons. The van der Waals surface area contributed by atoms with Crippen LogP contribution in [-0.4, -0.2) is 10.7 Å². The molecule has 1 aromatic rings. The largest absolute Gasteiger partial charge is 0.424 e. The highest BCUT2D eigenvalue weighted by molar-refractivity contribution is 7.94. The van der Waals surface area contributed by atoms with Gasteiger partial charge in [-0.3, -0.25) is 10.1 Å². The third-order valence-corrected chi connectivity index (χ3v) is 2.29. The molecule has 0 aliphatic carbocycles. The number of halogens is 2. The van der Waals surface area contributed by atoms with E-state index in [1.807, 2.05) is 6.92 Å². The Labute approximate surface area is 94.7 Å². The van der Waals surface area contributed by atoms with E-state index in [1.54, 1.807) is 0 Å². The lowest BCUT2D eigenvalue weighted by Crippen LogP contribution is -1.94. The van der Waals surface area contributed by atoms with Crippen LogP contribution in [0.25, 0.3) is 0 Å². The molecule has 0 aliphatic heterocycles. The van der Waals surface area contributed by atoms with E-state index in [4.69, 9.17) is 15.8 Å². The van der Waals surface area contributed by atoms with Gasteiger partial charge in [0.05, 0.1) is 28.1 Å². The highest BCUT2D eigenvalue weighted by atomic mass is 35.5. The van der Waals surface area contributed by atoms with E-state index in [0.29, 0.717) is 5.75 Å². The van der Waals surface area contributed by atoms with Gasteiger partial charge in [0.1, 0.15) is 0 Å². The topological polar surface area (TPSA) is 52.4 Å². The lowest BCUT2D eigenvalue weighted by molar-refractivity contribution is -0.387. The van der Waals surface area contributed by atoms with Crippen molar-refractivity contribution in [1.82, 2.24) is 0 Å². The maximum absolute atomic E-state index is 13.0. The Balaban J connectivity index is 3.06. The average molecular weight is 252 g/mol. The van der Waals surface area contributed by atoms with Gasteiger partial charge in [0, 0.05) is 11.8 Å². The summed E-state index contributed by atoms with van der Waals surface area (Å²) in [4.78, 5) is 9.59. The average Bonchev–Trinajstić information content (AvgIpc) is 2.16. The molecule has 0 atom stereocenters. The molecule has 1 rings (SSSR count). The second kappa shape index (κ2) is 5.18. The fourth-order valence-electron chi connectivity index (χ4n) is 0.845. The van der Waals surface area contributed by atoms with Crippen molar-refractivity contribution in [2.75, 3.05) is 5.75 Å². The monoisotopic (exact) mass is 251 g/mol. The van der Waals surface area contributed by atoms with Crippen molar-refractivity contribution >= 4 is 29.3 Å². The van der Waals surface area contributed by atoms with Gasteiger partial charge in [-0.15, -0.1) is 0 Å². The molecule has 0 radical (unpaired) electrons. The van der Waals surface area contributed by atoms with Crippen molar-refractivity contribution in [3.8, 4) is 5.75 Å². The van der Waals surface area contributed by atoms with E-state index in [1.165, 1.54) is 0 Å². The van der Waals surface area contributed by atoms with E-state index >= 15 is 0 Å². The van der Waals surface area contributed by atoms with Crippen molar-refractivity contribution in [2.45, 2.75) is 6.92 Å². The molecule has 0 heterocycles. The fraction of sp³-hybridized carbons (Fsp3) is 0.250. The summed E-state index contributed by atoms with van der Waals surface area (Å²) in [7, 11) is 0. The first-order chi connectivity index (χ1) is 7.06. The molecule has 0 saturated carbocycles. The molecule has 1 aromatic carbocycles. The molecule has 0 bridgehead atoms. The lowest BCUT2D eigenvalue weighted by Gasteiger charge is -2.04. The van der Waals surface area contributed by atoms with E-state index < -0.39 is 16.4 Å². The summed E-state index contributed by atoms with van der Waals surface area (Å²) < 4.78 is 18.1. The molecule has 0 amide bonds. The first-order valence-corrected chi connectivity index (χ1v) is 5.28. The summed E-state index contributed by atoms with van der Waals surface area (Å²) in [5.41, 5.74) is -0.647. The van der Waals surface area contributed by atoms with Crippen LogP contribution < -0.4 is 4.18 Å². The quantitative estimate of drug-likeness (QED) is 0.467. The Bertz CT molecular complexity index is 388. The summed E-state index contributed by atoms with van der Waals surface area (Å²) in [5.74, 6) is -0.225. The standard InChI is InChI=1S/C8H7ClFNO3S/c1-2-15-14-8-4-7(11(12)13)6(10)3-5(8)9/h3-4H,2H2,1H3. The number of hydrogen-bond acceptors (Lipinski definition) is 4. The summed E-state index contributed by atoms with van der Waals surface area (Å²) in [6.45, 7) is 1.84. The maximum atomic E-state index is 13.0. The molecule has 0 fully saturated rings. The van der Waals surface area contributed by atoms with Gasteiger partial charge in [0.15, 0.2) is 5.75 Å². The van der Waals surface area contributed by atoms with E-state index in [-0.39, 0.29) is 10.8 Å². The van der Waals surface area contributed by atoms with Crippen LogP contribution in [-0.2, 0) is 0 Å². The van der Waals surface area contributed by atoms with Crippen LogP contribution >= 0.6 is 23.6 Å². The van der Waals surface area contributed by atoms with Crippen LogP contribution in [0, 0.1) is 15.9 Å². The second-order valence-electron chi connectivity index (χ2n) is 2.48. The van der Waals surface area contributed by atoms with Gasteiger partial charge in [0.25, 0.3) is 0 Å². The molecule has 15 heavy (non-hydrogen) atoms. The second-order valence-corrected chi connectivity index (χ2v) is 3.87. The van der Waals surface area contributed by atoms with Gasteiger partial charge in [-0.05, 0) is 0 Å². The molecular formula is C8H7ClFNO3S. The molecule has 0 aromatic heterocycles. The highest BCUT2D eigenvalue weighted by Crippen LogP contribution is 2.33. The van der Waals surface area contributed by atoms with E-state index in [0.717, 1.165) is 24.2 Å². The van der Waals surface area contributed by atoms with Crippen molar-refractivity contribution in [3.05, 3.63) is 33.1 Å². The van der Waals surface area contributed by atoms with Crippen molar-refractivity contribution < 1.29 is 13.5 Å². The van der Waals surface area contributed by atoms with Crippen LogP contribution in [0.3, 0.4) is 0 Å². The van der Waals surface area contributed by atoms with Crippen LogP contribution in [0.2, 0.25) is 5.02 Å². The summed E-state index contributed by atoms with van der Waals surface area (Å²) >= 11 is 6.71. The summed E-state index contributed by atoms with van der Waals surface area (Å²) in [6.07, 6.45) is 0. The molecule has 0 aliphatic rings. The maximum Gasteiger partial charge on any atom is 0.308 e. The minimum absolute atomic E-state index is 0.0130. The lowest BCUT2D eigenvalue weighted by atomic mass is 10.3. The molecule has 0 N–H and O–H groups in total. The third-order valence-electron chi connectivity index (χ3n) is 1.46. The Morgan fingerprint density at radius 1 is 1.67 bits per heavy atom. The van der Waals surface area contributed by atoms with E-state index in [9.17, 15) is 14.5 Å². The van der Waals surface area contributed by atoms with Gasteiger partial charge in [-0.25, -0.2) is 0 Å². The van der Waals surface area contributed by atoms with Gasteiger partial charge >= 0.3 is 5.69 Å². The van der Waals surface area contributed by atoms with Crippen LogP contribution in [0.5, 0.6) is 5.75 Å². The van der Waals surface area contributed by atoms with Crippen LogP contribution in [0.4, 0.5) is 10.1 Å². The summed E-state index contributed by atoms with van der Waals surface area (Å²) in [5, 5.41) is 10.4. The molecule has 0 saturated heterocycles. The summed E-state index contributed by atoms with van der Waals surface area (Å²) in [6, 6.07) is 1.84. The number of benzene rings is 1. The van der Waals surface area contributed by atoms with Crippen molar-refractivity contribution in [3.63, 3.8) is 0 Å². The zero-order valence-electron chi connectivity index (χ0n) is 7.70. The smallest absolute Gasteiger partial charge is 0.308 e. The SMILES string of the molecule is CCSOc1cc([N+](=O)[O-])c(F)cc1Cl. The first kappa shape index (κ1) is 12.1. The van der Waals surface area contributed by atoms with Gasteiger partial charge in [-0.1, -0.05) is 18.5 Å². The highest BCUT2D eigenvalue weighted by Gasteiger charge is 2.18. The zero-order valence-corrected chi connectivity index (χ0v) is 9.27. The number of nitro groups is 1.